The predicted molar refractivity (Wildman–Crippen MR) is 81.1 cm³/mol. The van der Waals surface area contributed by atoms with Crippen molar-refractivity contribution in [1.29, 1.82) is 0 Å². The van der Waals surface area contributed by atoms with E-state index < -0.39 is 0 Å². The SMILES string of the molecule is COCCOc1cccc(CNC(=O)C(C)CN)c1.Cl. The highest BCUT2D eigenvalue weighted by molar-refractivity contribution is 5.85. The maximum Gasteiger partial charge on any atom is 0.224 e. The Morgan fingerprint density at radius 1 is 1.40 bits per heavy atom. The lowest BCUT2D eigenvalue weighted by atomic mass is 10.1. The number of amides is 1. The number of methoxy groups -OCH3 is 1. The second-order valence-corrected chi connectivity index (χ2v) is 4.34. The molecule has 3 N–H and O–H groups in total. The van der Waals surface area contributed by atoms with E-state index in [9.17, 15) is 4.79 Å². The summed E-state index contributed by atoms with van der Waals surface area (Å²) >= 11 is 0. The number of hydrogen-bond acceptors (Lipinski definition) is 4. The van der Waals surface area contributed by atoms with Crippen molar-refractivity contribution in [3.8, 4) is 5.75 Å². The molecule has 1 amide bonds. The molecule has 0 saturated heterocycles. The standard InChI is InChI=1S/C14H22N2O3.ClH/c1-11(9-15)14(17)16-10-12-4-3-5-13(8-12)19-7-6-18-2;/h3-5,8,11H,6-7,9-10,15H2,1-2H3,(H,16,17);1H. The largest absolute Gasteiger partial charge is 0.491 e. The van der Waals surface area contributed by atoms with Gasteiger partial charge in [-0.1, -0.05) is 19.1 Å². The van der Waals surface area contributed by atoms with Crippen molar-refractivity contribution in [2.45, 2.75) is 13.5 Å². The number of carbonyl (C=O) groups is 1. The summed E-state index contributed by atoms with van der Waals surface area (Å²) in [6.45, 7) is 3.70. The van der Waals surface area contributed by atoms with Crippen molar-refractivity contribution in [3.63, 3.8) is 0 Å². The maximum absolute atomic E-state index is 11.6. The maximum atomic E-state index is 11.6. The normalized spacial score (nSPS) is 11.3. The van der Waals surface area contributed by atoms with Gasteiger partial charge in [0, 0.05) is 26.1 Å². The second-order valence-electron chi connectivity index (χ2n) is 4.34. The van der Waals surface area contributed by atoms with Crippen LogP contribution in [0.4, 0.5) is 0 Å². The van der Waals surface area contributed by atoms with Gasteiger partial charge in [-0.3, -0.25) is 4.79 Å². The van der Waals surface area contributed by atoms with Crippen LogP contribution in [-0.2, 0) is 16.1 Å². The third-order valence-corrected chi connectivity index (χ3v) is 2.72. The quantitative estimate of drug-likeness (QED) is 0.711. The zero-order valence-electron chi connectivity index (χ0n) is 11.9. The Bertz CT molecular complexity index is 402. The van der Waals surface area contributed by atoms with Gasteiger partial charge in [0.2, 0.25) is 5.91 Å². The van der Waals surface area contributed by atoms with Gasteiger partial charge in [0.1, 0.15) is 12.4 Å². The first kappa shape index (κ1) is 18.7. The molecule has 0 aromatic heterocycles. The minimum absolute atomic E-state index is 0. The molecule has 114 valence electrons. The van der Waals surface area contributed by atoms with Crippen molar-refractivity contribution < 1.29 is 14.3 Å². The van der Waals surface area contributed by atoms with Crippen LogP contribution in [0.15, 0.2) is 24.3 Å². The molecule has 6 heteroatoms. The first-order valence-corrected chi connectivity index (χ1v) is 6.35. The smallest absolute Gasteiger partial charge is 0.224 e. The fourth-order valence-corrected chi connectivity index (χ4v) is 1.46. The molecule has 1 unspecified atom stereocenters. The summed E-state index contributed by atoms with van der Waals surface area (Å²) in [6, 6.07) is 7.62. The van der Waals surface area contributed by atoms with Crippen molar-refractivity contribution in [3.05, 3.63) is 29.8 Å². The topological polar surface area (TPSA) is 73.6 Å². The molecule has 0 saturated carbocycles. The average Bonchev–Trinajstić information content (AvgIpc) is 2.44. The molecule has 0 radical (unpaired) electrons. The molecule has 0 spiro atoms. The first-order chi connectivity index (χ1) is 9.17. The predicted octanol–water partition coefficient (Wildman–Crippen LogP) is 1.34. The summed E-state index contributed by atoms with van der Waals surface area (Å²) in [5.41, 5.74) is 6.43. The van der Waals surface area contributed by atoms with Gasteiger partial charge in [-0.25, -0.2) is 0 Å². The van der Waals surface area contributed by atoms with E-state index in [1.54, 1.807) is 14.0 Å². The minimum Gasteiger partial charge on any atom is -0.491 e. The number of nitrogens with one attached hydrogen (secondary N) is 1. The van der Waals surface area contributed by atoms with E-state index in [-0.39, 0.29) is 24.2 Å². The van der Waals surface area contributed by atoms with E-state index in [1.165, 1.54) is 0 Å². The van der Waals surface area contributed by atoms with Gasteiger partial charge in [-0.15, -0.1) is 12.4 Å². The summed E-state index contributed by atoms with van der Waals surface area (Å²) < 4.78 is 10.4. The zero-order valence-corrected chi connectivity index (χ0v) is 12.7. The Morgan fingerprint density at radius 3 is 2.80 bits per heavy atom. The molecule has 1 aromatic carbocycles. The van der Waals surface area contributed by atoms with E-state index in [4.69, 9.17) is 15.2 Å². The summed E-state index contributed by atoms with van der Waals surface area (Å²) in [7, 11) is 1.63. The van der Waals surface area contributed by atoms with Crippen LogP contribution in [0.5, 0.6) is 5.75 Å². The number of rotatable bonds is 8. The molecule has 1 aromatic rings. The molecule has 20 heavy (non-hydrogen) atoms. The van der Waals surface area contributed by atoms with Crippen LogP contribution in [0.3, 0.4) is 0 Å². The highest BCUT2D eigenvalue weighted by atomic mass is 35.5. The van der Waals surface area contributed by atoms with E-state index in [0.29, 0.717) is 26.3 Å². The summed E-state index contributed by atoms with van der Waals surface area (Å²) in [4.78, 5) is 11.6. The Balaban J connectivity index is 0.00000361. The molecule has 0 aliphatic heterocycles. The van der Waals surface area contributed by atoms with Crippen molar-refractivity contribution >= 4 is 18.3 Å². The van der Waals surface area contributed by atoms with Crippen LogP contribution in [0.1, 0.15) is 12.5 Å². The van der Waals surface area contributed by atoms with Crippen LogP contribution in [0, 0.1) is 5.92 Å². The average molecular weight is 303 g/mol. The Morgan fingerprint density at radius 2 is 2.15 bits per heavy atom. The lowest BCUT2D eigenvalue weighted by Crippen LogP contribution is -2.32. The van der Waals surface area contributed by atoms with Gasteiger partial charge in [-0.05, 0) is 17.7 Å². The third kappa shape index (κ3) is 6.75. The molecule has 1 atom stereocenters. The third-order valence-electron chi connectivity index (χ3n) is 2.72. The van der Waals surface area contributed by atoms with Gasteiger partial charge in [0.15, 0.2) is 0 Å². The van der Waals surface area contributed by atoms with Gasteiger partial charge >= 0.3 is 0 Å². The van der Waals surface area contributed by atoms with Crippen LogP contribution < -0.4 is 15.8 Å². The molecular weight excluding hydrogens is 280 g/mol. The van der Waals surface area contributed by atoms with Gasteiger partial charge < -0.3 is 20.5 Å². The molecule has 0 aliphatic rings. The molecule has 0 fully saturated rings. The number of hydrogen-bond donors (Lipinski definition) is 2. The van der Waals surface area contributed by atoms with Crippen LogP contribution in [0.2, 0.25) is 0 Å². The molecular formula is C14H23ClN2O3. The van der Waals surface area contributed by atoms with Gasteiger partial charge in [0.25, 0.3) is 0 Å². The number of halogens is 1. The van der Waals surface area contributed by atoms with Crippen LogP contribution in [-0.4, -0.2) is 32.8 Å². The molecule has 0 heterocycles. The Hall–Kier alpha value is -1.30. The highest BCUT2D eigenvalue weighted by Crippen LogP contribution is 2.13. The van der Waals surface area contributed by atoms with E-state index in [0.717, 1.165) is 11.3 Å². The van der Waals surface area contributed by atoms with E-state index in [1.807, 2.05) is 24.3 Å². The fraction of sp³-hybridized carbons (Fsp3) is 0.500. The second kappa shape index (κ2) is 10.5. The lowest BCUT2D eigenvalue weighted by Gasteiger charge is -2.11. The monoisotopic (exact) mass is 302 g/mol. The fourth-order valence-electron chi connectivity index (χ4n) is 1.46. The van der Waals surface area contributed by atoms with Crippen LogP contribution in [0.25, 0.3) is 0 Å². The number of benzene rings is 1. The first-order valence-electron chi connectivity index (χ1n) is 6.35. The van der Waals surface area contributed by atoms with Crippen molar-refractivity contribution in [2.24, 2.45) is 11.7 Å². The minimum atomic E-state index is -0.166. The van der Waals surface area contributed by atoms with Gasteiger partial charge in [-0.2, -0.15) is 0 Å². The van der Waals surface area contributed by atoms with E-state index in [2.05, 4.69) is 5.32 Å². The summed E-state index contributed by atoms with van der Waals surface area (Å²) in [5, 5.41) is 2.84. The summed E-state index contributed by atoms with van der Waals surface area (Å²) in [5.74, 6) is 0.574. The van der Waals surface area contributed by atoms with Crippen molar-refractivity contribution in [2.75, 3.05) is 26.9 Å². The molecule has 0 aliphatic carbocycles. The molecule has 1 rings (SSSR count). The summed E-state index contributed by atoms with van der Waals surface area (Å²) in [6.07, 6.45) is 0. The lowest BCUT2D eigenvalue weighted by molar-refractivity contribution is -0.124. The number of nitrogens with two attached hydrogens (primary N) is 1. The zero-order chi connectivity index (χ0) is 14.1. The highest BCUT2D eigenvalue weighted by Gasteiger charge is 2.09. The van der Waals surface area contributed by atoms with Gasteiger partial charge in [0.05, 0.1) is 6.61 Å². The molecule has 0 bridgehead atoms. The number of ether oxygens (including phenoxy) is 2. The Kier molecular flexibility index (Phi) is 9.80. The van der Waals surface area contributed by atoms with Crippen LogP contribution >= 0.6 is 12.4 Å². The van der Waals surface area contributed by atoms with Crippen molar-refractivity contribution in [1.82, 2.24) is 5.32 Å². The number of carbonyl (C=O) groups excluding carboxylic acids is 1. The Labute approximate surface area is 126 Å². The molecule has 5 nitrogen and oxygen atoms in total. The van der Waals surface area contributed by atoms with E-state index >= 15 is 0 Å².